The number of hydrogen-bond acceptors (Lipinski definition) is 2. The predicted octanol–water partition coefficient (Wildman–Crippen LogP) is 5.20. The lowest BCUT2D eigenvalue weighted by Gasteiger charge is -2.21. The van der Waals surface area contributed by atoms with Crippen LogP contribution in [0.25, 0.3) is 10.8 Å². The van der Waals surface area contributed by atoms with Crippen molar-refractivity contribution in [3.05, 3.63) is 72.3 Å². The Morgan fingerprint density at radius 3 is 2.28 bits per heavy atom. The minimum absolute atomic E-state index is 0.0280. The molecule has 3 nitrogen and oxygen atoms in total. The third kappa shape index (κ3) is 4.83. The molecule has 1 amide bonds. The van der Waals surface area contributed by atoms with Gasteiger partial charge in [-0.3, -0.25) is 4.79 Å². The first kappa shape index (κ1) is 17.0. The summed E-state index contributed by atoms with van der Waals surface area (Å²) >= 11 is 0. The van der Waals surface area contributed by atoms with E-state index in [0.29, 0.717) is 6.42 Å². The van der Waals surface area contributed by atoms with Gasteiger partial charge < -0.3 is 10.1 Å². The number of fused-ring (bicyclic) bond motifs is 1. The summed E-state index contributed by atoms with van der Waals surface area (Å²) in [6, 6.07) is 21.7. The third-order valence-electron chi connectivity index (χ3n) is 3.75. The average molecular weight is 333 g/mol. The third-order valence-corrected chi connectivity index (χ3v) is 3.75. The second-order valence-corrected chi connectivity index (χ2v) is 7.15. The van der Waals surface area contributed by atoms with E-state index in [1.807, 2.05) is 81.4 Å². The Balaban J connectivity index is 1.63. The second-order valence-electron chi connectivity index (χ2n) is 7.15. The van der Waals surface area contributed by atoms with Gasteiger partial charge in [0.15, 0.2) is 0 Å². The Bertz CT molecular complexity index is 876. The highest BCUT2D eigenvalue weighted by Crippen LogP contribution is 2.20. The smallest absolute Gasteiger partial charge is 0.228 e. The number of amides is 1. The topological polar surface area (TPSA) is 38.3 Å². The van der Waals surface area contributed by atoms with Crippen molar-refractivity contribution in [3.63, 3.8) is 0 Å². The predicted molar refractivity (Wildman–Crippen MR) is 103 cm³/mol. The van der Waals surface area contributed by atoms with Gasteiger partial charge in [0.2, 0.25) is 5.91 Å². The van der Waals surface area contributed by atoms with Crippen molar-refractivity contribution in [1.29, 1.82) is 0 Å². The van der Waals surface area contributed by atoms with Crippen molar-refractivity contribution in [1.82, 2.24) is 0 Å². The van der Waals surface area contributed by atoms with Gasteiger partial charge in [-0.2, -0.15) is 0 Å². The van der Waals surface area contributed by atoms with Gasteiger partial charge in [-0.25, -0.2) is 0 Å². The number of carbonyl (C=O) groups is 1. The Hall–Kier alpha value is -2.81. The molecule has 3 aromatic carbocycles. The van der Waals surface area contributed by atoms with Crippen molar-refractivity contribution in [2.45, 2.75) is 32.8 Å². The van der Waals surface area contributed by atoms with Gasteiger partial charge in [-0.05, 0) is 61.4 Å². The summed E-state index contributed by atoms with van der Waals surface area (Å²) in [5, 5.41) is 5.24. The van der Waals surface area contributed by atoms with E-state index in [9.17, 15) is 4.79 Å². The maximum absolute atomic E-state index is 12.3. The highest BCUT2D eigenvalue weighted by atomic mass is 16.5. The van der Waals surface area contributed by atoms with Crippen molar-refractivity contribution in [2.75, 3.05) is 5.32 Å². The van der Waals surface area contributed by atoms with E-state index in [1.54, 1.807) is 0 Å². The van der Waals surface area contributed by atoms with Crippen LogP contribution in [-0.2, 0) is 11.2 Å². The van der Waals surface area contributed by atoms with Crippen molar-refractivity contribution in [3.8, 4) is 5.75 Å². The Morgan fingerprint density at radius 1 is 0.920 bits per heavy atom. The first-order valence-corrected chi connectivity index (χ1v) is 8.46. The number of ether oxygens (including phenoxy) is 1. The molecule has 0 aliphatic heterocycles. The monoisotopic (exact) mass is 333 g/mol. The van der Waals surface area contributed by atoms with Crippen LogP contribution in [0.1, 0.15) is 26.3 Å². The quantitative estimate of drug-likeness (QED) is 0.713. The molecule has 25 heavy (non-hydrogen) atoms. The summed E-state index contributed by atoms with van der Waals surface area (Å²) in [4.78, 5) is 12.3. The van der Waals surface area contributed by atoms with Gasteiger partial charge >= 0.3 is 0 Å². The van der Waals surface area contributed by atoms with E-state index < -0.39 is 0 Å². The van der Waals surface area contributed by atoms with E-state index in [0.717, 1.165) is 27.8 Å². The molecule has 0 spiro atoms. The summed E-state index contributed by atoms with van der Waals surface area (Å²) in [6.45, 7) is 6.04. The molecule has 0 saturated carbocycles. The van der Waals surface area contributed by atoms with Gasteiger partial charge in [-0.15, -0.1) is 0 Å². The SMILES string of the molecule is CC(C)(C)Oc1ccc(CC(=O)Nc2ccc3ccccc3c2)cc1. The van der Waals surface area contributed by atoms with Crippen LogP contribution in [0.2, 0.25) is 0 Å². The minimum atomic E-state index is -0.227. The molecule has 3 aromatic rings. The van der Waals surface area contributed by atoms with Crippen LogP contribution in [-0.4, -0.2) is 11.5 Å². The maximum atomic E-state index is 12.3. The van der Waals surface area contributed by atoms with E-state index in [1.165, 1.54) is 0 Å². The Morgan fingerprint density at radius 2 is 1.60 bits per heavy atom. The highest BCUT2D eigenvalue weighted by molar-refractivity contribution is 5.95. The summed E-state index contributed by atoms with van der Waals surface area (Å²) in [7, 11) is 0. The standard InChI is InChI=1S/C22H23NO2/c1-22(2,3)25-20-12-8-16(9-13-20)14-21(24)23-19-11-10-17-6-4-5-7-18(17)15-19/h4-13,15H,14H2,1-3H3,(H,23,24). The highest BCUT2D eigenvalue weighted by Gasteiger charge is 2.12. The number of rotatable bonds is 4. The van der Waals surface area contributed by atoms with Crippen molar-refractivity contribution < 1.29 is 9.53 Å². The van der Waals surface area contributed by atoms with Crippen LogP contribution in [0.15, 0.2) is 66.7 Å². The molecule has 0 radical (unpaired) electrons. The summed E-state index contributed by atoms with van der Waals surface area (Å²) in [5.74, 6) is 0.783. The number of carbonyl (C=O) groups excluding carboxylic acids is 1. The molecule has 1 N–H and O–H groups in total. The zero-order chi connectivity index (χ0) is 17.9. The summed E-state index contributed by atoms with van der Waals surface area (Å²) < 4.78 is 5.80. The first-order valence-electron chi connectivity index (χ1n) is 8.46. The Labute approximate surface area is 148 Å². The zero-order valence-electron chi connectivity index (χ0n) is 14.9. The van der Waals surface area contributed by atoms with Crippen LogP contribution >= 0.6 is 0 Å². The van der Waals surface area contributed by atoms with Crippen molar-refractivity contribution >= 4 is 22.4 Å². The molecule has 128 valence electrons. The minimum Gasteiger partial charge on any atom is -0.488 e. The summed E-state index contributed by atoms with van der Waals surface area (Å²) in [6.07, 6.45) is 0.336. The Kier molecular flexibility index (Phi) is 4.75. The molecule has 0 atom stereocenters. The van der Waals surface area contributed by atoms with E-state index in [4.69, 9.17) is 4.74 Å². The molecule has 0 saturated heterocycles. The average Bonchev–Trinajstić information content (AvgIpc) is 2.55. The van der Waals surface area contributed by atoms with E-state index >= 15 is 0 Å². The van der Waals surface area contributed by atoms with Gasteiger partial charge in [0.1, 0.15) is 11.4 Å². The van der Waals surface area contributed by atoms with Crippen molar-refractivity contribution in [2.24, 2.45) is 0 Å². The fourth-order valence-electron chi connectivity index (χ4n) is 2.69. The molecule has 0 fully saturated rings. The van der Waals surface area contributed by atoms with Gasteiger partial charge in [0, 0.05) is 5.69 Å². The number of hydrogen-bond donors (Lipinski definition) is 1. The number of benzene rings is 3. The number of nitrogens with one attached hydrogen (secondary N) is 1. The largest absolute Gasteiger partial charge is 0.488 e. The fraction of sp³-hybridized carbons (Fsp3) is 0.227. The lowest BCUT2D eigenvalue weighted by Crippen LogP contribution is -2.22. The second kappa shape index (κ2) is 6.98. The van der Waals surface area contributed by atoms with E-state index in [2.05, 4.69) is 11.4 Å². The molecule has 3 rings (SSSR count). The molecular formula is C22H23NO2. The van der Waals surface area contributed by atoms with Crippen LogP contribution in [0, 0.1) is 0 Å². The molecule has 3 heteroatoms. The molecule has 0 unspecified atom stereocenters. The van der Waals surface area contributed by atoms with E-state index in [-0.39, 0.29) is 11.5 Å². The summed E-state index contributed by atoms with van der Waals surface area (Å²) in [5.41, 5.74) is 1.55. The van der Waals surface area contributed by atoms with Gasteiger partial charge in [0.05, 0.1) is 6.42 Å². The van der Waals surface area contributed by atoms with Gasteiger partial charge in [0.25, 0.3) is 0 Å². The first-order chi connectivity index (χ1) is 11.9. The van der Waals surface area contributed by atoms with Crippen LogP contribution in [0.4, 0.5) is 5.69 Å². The lowest BCUT2D eigenvalue weighted by atomic mass is 10.1. The molecule has 0 heterocycles. The lowest BCUT2D eigenvalue weighted by molar-refractivity contribution is -0.115. The van der Waals surface area contributed by atoms with Gasteiger partial charge in [-0.1, -0.05) is 42.5 Å². The normalized spacial score (nSPS) is 11.3. The van der Waals surface area contributed by atoms with Crippen LogP contribution in [0.5, 0.6) is 5.75 Å². The number of anilines is 1. The zero-order valence-corrected chi connectivity index (χ0v) is 14.9. The molecule has 0 aliphatic carbocycles. The van der Waals surface area contributed by atoms with Crippen LogP contribution in [0.3, 0.4) is 0 Å². The van der Waals surface area contributed by atoms with Crippen LogP contribution < -0.4 is 10.1 Å². The molecule has 0 bridgehead atoms. The molecular weight excluding hydrogens is 310 g/mol. The fourth-order valence-corrected chi connectivity index (χ4v) is 2.69. The molecule has 0 aromatic heterocycles. The molecule has 0 aliphatic rings. The maximum Gasteiger partial charge on any atom is 0.228 e.